The summed E-state index contributed by atoms with van der Waals surface area (Å²) in [6.07, 6.45) is 0.174. The molecule has 0 atom stereocenters. The molecule has 0 aromatic heterocycles. The molecule has 0 aliphatic rings. The summed E-state index contributed by atoms with van der Waals surface area (Å²) in [5.74, 6) is -0.0387. The number of carbonyl (C=O) groups excluding carboxylic acids is 1. The predicted molar refractivity (Wildman–Crippen MR) is 86.3 cm³/mol. The van der Waals surface area contributed by atoms with Gasteiger partial charge in [-0.05, 0) is 35.9 Å². The van der Waals surface area contributed by atoms with Crippen LogP contribution < -0.4 is 0 Å². The van der Waals surface area contributed by atoms with Crippen molar-refractivity contribution in [1.29, 1.82) is 0 Å². The van der Waals surface area contributed by atoms with Gasteiger partial charge in [-0.25, -0.2) is 0 Å². The van der Waals surface area contributed by atoms with Crippen LogP contribution in [0.5, 0.6) is 0 Å². The Hall–Kier alpha value is -0.350. The van der Waals surface area contributed by atoms with E-state index in [1.807, 2.05) is 12.1 Å². The van der Waals surface area contributed by atoms with E-state index in [0.717, 1.165) is 8.95 Å². The maximum absolute atomic E-state index is 12.3. The first-order chi connectivity index (χ1) is 8.99. The van der Waals surface area contributed by atoms with Gasteiger partial charge in [-0.2, -0.15) is 0 Å². The van der Waals surface area contributed by atoms with Gasteiger partial charge >= 0.3 is 0 Å². The fraction of sp³-hybridized carbons (Fsp3) is 0.0714. The zero-order valence-electron chi connectivity index (χ0n) is 9.59. The Bertz CT molecular complexity index is 621. The lowest BCUT2D eigenvalue weighted by atomic mass is 10.0. The van der Waals surface area contributed by atoms with E-state index in [1.165, 1.54) is 0 Å². The standard InChI is InChI=1S/C14H8Br2Cl2O/c15-8-4-5-11(16)9(6-8)14(19)7-10-12(17)2-1-3-13(10)18/h1-6H,7H2. The Labute approximate surface area is 138 Å². The van der Waals surface area contributed by atoms with Crippen LogP contribution in [0.25, 0.3) is 0 Å². The lowest BCUT2D eigenvalue weighted by Gasteiger charge is -2.08. The van der Waals surface area contributed by atoms with Gasteiger partial charge in [0, 0.05) is 31.0 Å². The van der Waals surface area contributed by atoms with Crippen molar-refractivity contribution in [2.24, 2.45) is 0 Å². The Balaban J connectivity index is 2.34. The molecule has 2 aromatic carbocycles. The highest BCUT2D eigenvalue weighted by molar-refractivity contribution is 9.11. The summed E-state index contributed by atoms with van der Waals surface area (Å²) in [5.41, 5.74) is 1.26. The zero-order valence-corrected chi connectivity index (χ0v) is 14.3. The summed E-state index contributed by atoms with van der Waals surface area (Å²) in [6, 6.07) is 10.7. The Morgan fingerprint density at radius 1 is 1.05 bits per heavy atom. The van der Waals surface area contributed by atoms with Crippen molar-refractivity contribution in [2.75, 3.05) is 0 Å². The fourth-order valence-electron chi connectivity index (χ4n) is 1.67. The molecule has 0 N–H and O–H groups in total. The minimum Gasteiger partial charge on any atom is -0.294 e. The van der Waals surface area contributed by atoms with Crippen molar-refractivity contribution in [3.63, 3.8) is 0 Å². The third-order valence-electron chi connectivity index (χ3n) is 2.63. The maximum Gasteiger partial charge on any atom is 0.168 e. The van der Waals surface area contributed by atoms with Crippen molar-refractivity contribution >= 4 is 60.8 Å². The fourth-order valence-corrected chi connectivity index (χ4v) is 3.03. The summed E-state index contributed by atoms with van der Waals surface area (Å²) in [7, 11) is 0. The van der Waals surface area contributed by atoms with Crippen molar-refractivity contribution in [3.8, 4) is 0 Å². The molecule has 0 saturated carbocycles. The number of hydrogen-bond acceptors (Lipinski definition) is 1. The van der Waals surface area contributed by atoms with E-state index in [4.69, 9.17) is 23.2 Å². The molecule has 0 amide bonds. The molecule has 1 nitrogen and oxygen atoms in total. The summed E-state index contributed by atoms with van der Waals surface area (Å²) < 4.78 is 1.60. The number of Topliss-reactive ketones (excluding diaryl/α,β-unsaturated/α-hetero) is 1. The molecule has 0 aliphatic heterocycles. The van der Waals surface area contributed by atoms with Crippen molar-refractivity contribution < 1.29 is 4.79 Å². The third-order valence-corrected chi connectivity index (χ3v) is 4.52. The molecule has 0 unspecified atom stereocenters. The molecule has 0 aliphatic carbocycles. The van der Waals surface area contributed by atoms with Crippen molar-refractivity contribution in [1.82, 2.24) is 0 Å². The molecule has 0 saturated heterocycles. The van der Waals surface area contributed by atoms with Crippen LogP contribution in [-0.2, 0) is 6.42 Å². The summed E-state index contributed by atoms with van der Waals surface area (Å²) >= 11 is 18.9. The smallest absolute Gasteiger partial charge is 0.168 e. The SMILES string of the molecule is O=C(Cc1c(Cl)cccc1Cl)c1cc(Br)ccc1Br. The van der Waals surface area contributed by atoms with E-state index in [1.54, 1.807) is 24.3 Å². The lowest BCUT2D eigenvalue weighted by molar-refractivity contribution is 0.0992. The Morgan fingerprint density at radius 2 is 1.68 bits per heavy atom. The third kappa shape index (κ3) is 3.60. The minimum absolute atomic E-state index is 0.0387. The average Bonchev–Trinajstić information content (AvgIpc) is 2.37. The van der Waals surface area contributed by atoms with E-state index < -0.39 is 0 Å². The Kier molecular flexibility index (Phi) is 5.07. The Morgan fingerprint density at radius 3 is 2.32 bits per heavy atom. The lowest BCUT2D eigenvalue weighted by Crippen LogP contribution is -2.05. The van der Waals surface area contributed by atoms with Crippen LogP contribution in [0.15, 0.2) is 45.3 Å². The highest BCUT2D eigenvalue weighted by Crippen LogP contribution is 2.28. The van der Waals surface area contributed by atoms with Crippen LogP contribution in [0.1, 0.15) is 15.9 Å². The first-order valence-corrected chi connectivity index (χ1v) is 7.74. The number of carbonyl (C=O) groups is 1. The van der Waals surface area contributed by atoms with Crippen molar-refractivity contribution in [3.05, 3.63) is 66.5 Å². The summed E-state index contributed by atoms with van der Waals surface area (Å²) in [4.78, 5) is 12.3. The van der Waals surface area contributed by atoms with Gasteiger partial charge in [0.15, 0.2) is 5.78 Å². The minimum atomic E-state index is -0.0387. The molecular formula is C14H8Br2Cl2O. The maximum atomic E-state index is 12.3. The topological polar surface area (TPSA) is 17.1 Å². The molecule has 0 bridgehead atoms. The average molecular weight is 423 g/mol. The van der Waals surface area contributed by atoms with Gasteiger partial charge < -0.3 is 0 Å². The summed E-state index contributed by atoms with van der Waals surface area (Å²) in [6.45, 7) is 0. The van der Waals surface area contributed by atoms with Gasteiger partial charge in [-0.3, -0.25) is 4.79 Å². The van der Waals surface area contributed by atoms with Gasteiger partial charge in [0.1, 0.15) is 0 Å². The number of halogens is 4. The van der Waals surface area contributed by atoms with E-state index in [2.05, 4.69) is 31.9 Å². The van der Waals surface area contributed by atoms with Gasteiger partial charge in [0.05, 0.1) is 0 Å². The zero-order chi connectivity index (χ0) is 14.0. The molecule has 0 radical (unpaired) electrons. The van der Waals surface area contributed by atoms with E-state index in [-0.39, 0.29) is 12.2 Å². The molecule has 5 heteroatoms. The second-order valence-electron chi connectivity index (χ2n) is 3.92. The summed E-state index contributed by atoms with van der Waals surface area (Å²) in [5, 5.41) is 1.01. The molecule has 2 rings (SSSR count). The number of rotatable bonds is 3. The molecule has 0 heterocycles. The van der Waals surface area contributed by atoms with Crippen LogP contribution in [0.2, 0.25) is 10.0 Å². The van der Waals surface area contributed by atoms with Crippen LogP contribution in [-0.4, -0.2) is 5.78 Å². The highest BCUT2D eigenvalue weighted by atomic mass is 79.9. The largest absolute Gasteiger partial charge is 0.294 e. The van der Waals surface area contributed by atoms with Crippen LogP contribution in [0, 0.1) is 0 Å². The number of benzene rings is 2. The van der Waals surface area contributed by atoms with Crippen LogP contribution in [0.3, 0.4) is 0 Å². The quantitative estimate of drug-likeness (QED) is 0.559. The van der Waals surface area contributed by atoms with Gasteiger partial charge in [-0.1, -0.05) is 61.1 Å². The number of ketones is 1. The van der Waals surface area contributed by atoms with Crippen LogP contribution in [0.4, 0.5) is 0 Å². The molecule has 19 heavy (non-hydrogen) atoms. The monoisotopic (exact) mass is 420 g/mol. The van der Waals surface area contributed by atoms with Gasteiger partial charge in [0.25, 0.3) is 0 Å². The van der Waals surface area contributed by atoms with E-state index in [9.17, 15) is 4.79 Å². The predicted octanol–water partition coefficient (Wildman–Crippen LogP) is 5.94. The molecule has 0 spiro atoms. The molecule has 98 valence electrons. The molecule has 0 fully saturated rings. The van der Waals surface area contributed by atoms with Gasteiger partial charge in [-0.15, -0.1) is 0 Å². The number of hydrogen-bond donors (Lipinski definition) is 0. The van der Waals surface area contributed by atoms with E-state index in [0.29, 0.717) is 21.2 Å². The first-order valence-electron chi connectivity index (χ1n) is 5.40. The normalized spacial score (nSPS) is 10.5. The second-order valence-corrected chi connectivity index (χ2v) is 6.51. The molecule has 2 aromatic rings. The van der Waals surface area contributed by atoms with E-state index >= 15 is 0 Å². The highest BCUT2D eigenvalue weighted by Gasteiger charge is 2.15. The van der Waals surface area contributed by atoms with Gasteiger partial charge in [0.2, 0.25) is 0 Å². The van der Waals surface area contributed by atoms with Crippen molar-refractivity contribution in [2.45, 2.75) is 6.42 Å². The van der Waals surface area contributed by atoms with Crippen LogP contribution >= 0.6 is 55.1 Å². The first kappa shape index (κ1) is 15.0. The molecular weight excluding hydrogens is 415 g/mol. The second kappa shape index (κ2) is 6.40.